The molecule has 0 aliphatic carbocycles. The van der Waals surface area contributed by atoms with E-state index in [-0.39, 0.29) is 18.3 Å². The molecule has 0 bridgehead atoms. The smallest absolute Gasteiger partial charge is 0.325 e. The van der Waals surface area contributed by atoms with Crippen LogP contribution in [0.5, 0.6) is 5.75 Å². The lowest BCUT2D eigenvalue weighted by molar-refractivity contribution is -0.131. The van der Waals surface area contributed by atoms with Crippen molar-refractivity contribution in [2.24, 2.45) is 0 Å². The Morgan fingerprint density at radius 3 is 2.88 bits per heavy atom. The van der Waals surface area contributed by atoms with Crippen LogP contribution in [-0.2, 0) is 11.3 Å². The average Bonchev–Trinajstić information content (AvgIpc) is 3.19. The van der Waals surface area contributed by atoms with Crippen molar-refractivity contribution in [1.82, 2.24) is 20.4 Å². The first-order valence-corrected chi connectivity index (χ1v) is 8.58. The van der Waals surface area contributed by atoms with E-state index in [2.05, 4.69) is 15.5 Å². The van der Waals surface area contributed by atoms with Crippen molar-refractivity contribution in [3.63, 3.8) is 0 Å². The minimum Gasteiger partial charge on any atom is -0.497 e. The first kappa shape index (κ1) is 17.9. The van der Waals surface area contributed by atoms with Crippen molar-refractivity contribution in [2.45, 2.75) is 45.2 Å². The second kappa shape index (κ2) is 7.15. The van der Waals surface area contributed by atoms with Crippen LogP contribution in [0, 0.1) is 0 Å². The Labute approximate surface area is 151 Å². The minimum atomic E-state index is -0.872. The molecule has 1 N–H and O–H groups in total. The summed E-state index contributed by atoms with van der Waals surface area (Å²) < 4.78 is 10.4. The number of hydrogen-bond donors (Lipinski definition) is 1. The first-order chi connectivity index (χ1) is 12.5. The molecule has 1 aromatic heterocycles. The van der Waals surface area contributed by atoms with E-state index < -0.39 is 11.6 Å². The summed E-state index contributed by atoms with van der Waals surface area (Å²) in [4.78, 5) is 30.3. The molecule has 8 nitrogen and oxygen atoms in total. The van der Waals surface area contributed by atoms with E-state index in [0.717, 1.165) is 23.3 Å². The standard InChI is InChI=1S/C18H22N4O4/c1-4-5-9-18(2)16(23)22(17(24)20-18)11-14-19-15(21-26-14)12-7-6-8-13(10-12)25-3/h6-8,10H,4-5,9,11H2,1-3H3,(H,20,24)/t18-/m1/s1. The quantitative estimate of drug-likeness (QED) is 0.764. The van der Waals surface area contributed by atoms with Gasteiger partial charge in [0.2, 0.25) is 11.7 Å². The van der Waals surface area contributed by atoms with Crippen LogP contribution in [0.15, 0.2) is 28.8 Å². The lowest BCUT2D eigenvalue weighted by Crippen LogP contribution is -2.43. The van der Waals surface area contributed by atoms with Gasteiger partial charge in [-0.2, -0.15) is 4.98 Å². The lowest BCUT2D eigenvalue weighted by atomic mass is 9.95. The number of carbonyl (C=O) groups excluding carboxylic acids is 2. The highest BCUT2D eigenvalue weighted by Crippen LogP contribution is 2.26. The molecule has 1 atom stereocenters. The van der Waals surface area contributed by atoms with Gasteiger partial charge in [-0.1, -0.05) is 37.1 Å². The van der Waals surface area contributed by atoms with Crippen LogP contribution in [0.3, 0.4) is 0 Å². The number of rotatable bonds is 7. The highest BCUT2D eigenvalue weighted by molar-refractivity contribution is 6.06. The highest BCUT2D eigenvalue weighted by Gasteiger charge is 2.47. The van der Waals surface area contributed by atoms with Crippen molar-refractivity contribution < 1.29 is 18.8 Å². The van der Waals surface area contributed by atoms with Crippen LogP contribution >= 0.6 is 0 Å². The fourth-order valence-corrected chi connectivity index (χ4v) is 2.92. The minimum absolute atomic E-state index is 0.0522. The van der Waals surface area contributed by atoms with Crippen LogP contribution < -0.4 is 10.1 Å². The summed E-state index contributed by atoms with van der Waals surface area (Å²) in [7, 11) is 1.58. The second-order valence-electron chi connectivity index (χ2n) is 6.50. The van der Waals surface area contributed by atoms with Crippen LogP contribution in [0.25, 0.3) is 11.4 Å². The molecule has 0 saturated carbocycles. The molecule has 0 radical (unpaired) electrons. The maximum absolute atomic E-state index is 12.6. The van der Waals surface area contributed by atoms with E-state index in [1.807, 2.05) is 25.1 Å². The number of benzene rings is 1. The van der Waals surface area contributed by atoms with Crippen LogP contribution in [0.1, 0.15) is 39.0 Å². The number of methoxy groups -OCH3 is 1. The van der Waals surface area contributed by atoms with Crippen molar-refractivity contribution in [2.75, 3.05) is 7.11 Å². The molecule has 1 fully saturated rings. The molecule has 2 heterocycles. The molecular formula is C18H22N4O4. The van der Waals surface area contributed by atoms with Crippen molar-refractivity contribution in [3.05, 3.63) is 30.2 Å². The summed E-state index contributed by atoms with van der Waals surface area (Å²) in [6, 6.07) is 6.81. The third-order valence-corrected chi connectivity index (χ3v) is 4.46. The van der Waals surface area contributed by atoms with E-state index in [4.69, 9.17) is 9.26 Å². The van der Waals surface area contributed by atoms with Gasteiger partial charge in [0.1, 0.15) is 17.8 Å². The first-order valence-electron chi connectivity index (χ1n) is 8.58. The zero-order valence-corrected chi connectivity index (χ0v) is 15.1. The summed E-state index contributed by atoms with van der Waals surface area (Å²) in [6.07, 6.45) is 2.41. The van der Waals surface area contributed by atoms with E-state index in [0.29, 0.717) is 18.0 Å². The number of hydrogen-bond acceptors (Lipinski definition) is 6. The lowest BCUT2D eigenvalue weighted by Gasteiger charge is -2.20. The summed E-state index contributed by atoms with van der Waals surface area (Å²) >= 11 is 0. The van der Waals surface area contributed by atoms with Gasteiger partial charge in [0.25, 0.3) is 5.91 Å². The molecule has 1 aliphatic heterocycles. The number of carbonyl (C=O) groups is 2. The third kappa shape index (κ3) is 3.40. The Morgan fingerprint density at radius 1 is 1.35 bits per heavy atom. The summed E-state index contributed by atoms with van der Waals surface area (Å²) in [6.45, 7) is 3.74. The number of ether oxygens (including phenoxy) is 1. The Morgan fingerprint density at radius 2 is 2.15 bits per heavy atom. The number of imide groups is 1. The Kier molecular flexibility index (Phi) is 4.92. The normalized spacial score (nSPS) is 19.7. The van der Waals surface area contributed by atoms with E-state index >= 15 is 0 Å². The second-order valence-corrected chi connectivity index (χ2v) is 6.50. The number of amides is 3. The maximum atomic E-state index is 12.6. The fourth-order valence-electron chi connectivity index (χ4n) is 2.92. The predicted molar refractivity (Wildman–Crippen MR) is 93.3 cm³/mol. The number of nitrogens with zero attached hydrogens (tertiary/aromatic N) is 3. The predicted octanol–water partition coefficient (Wildman–Crippen LogP) is 2.75. The van der Waals surface area contributed by atoms with E-state index in [1.165, 1.54) is 0 Å². The SMILES string of the molecule is CCCC[C@@]1(C)NC(=O)N(Cc2nc(-c3cccc(OC)c3)no2)C1=O. The molecule has 138 valence electrons. The molecule has 26 heavy (non-hydrogen) atoms. The van der Waals surface area contributed by atoms with Gasteiger partial charge in [-0.15, -0.1) is 0 Å². The largest absolute Gasteiger partial charge is 0.497 e. The molecule has 0 spiro atoms. The number of aromatic nitrogens is 2. The number of unbranched alkanes of at least 4 members (excludes halogenated alkanes) is 1. The molecular weight excluding hydrogens is 336 g/mol. The number of urea groups is 1. The molecule has 8 heteroatoms. The zero-order chi connectivity index (χ0) is 18.7. The van der Waals surface area contributed by atoms with Gasteiger partial charge in [-0.25, -0.2) is 4.79 Å². The van der Waals surface area contributed by atoms with Gasteiger partial charge in [-0.3, -0.25) is 9.69 Å². The third-order valence-electron chi connectivity index (χ3n) is 4.46. The molecule has 3 rings (SSSR count). The molecule has 2 aromatic rings. The van der Waals surface area contributed by atoms with Crippen molar-refractivity contribution in [3.8, 4) is 17.1 Å². The summed E-state index contributed by atoms with van der Waals surface area (Å²) in [5.41, 5.74) is -0.146. The van der Waals surface area contributed by atoms with Crippen molar-refractivity contribution in [1.29, 1.82) is 0 Å². The van der Waals surface area contributed by atoms with E-state index in [9.17, 15) is 9.59 Å². The Hall–Kier alpha value is -2.90. The molecule has 3 amide bonds. The van der Waals surface area contributed by atoms with Gasteiger partial charge < -0.3 is 14.6 Å². The van der Waals surface area contributed by atoms with Gasteiger partial charge >= 0.3 is 6.03 Å². The van der Waals surface area contributed by atoms with Crippen molar-refractivity contribution >= 4 is 11.9 Å². The van der Waals surface area contributed by atoms with E-state index in [1.54, 1.807) is 20.1 Å². The zero-order valence-electron chi connectivity index (χ0n) is 15.1. The number of nitrogens with one attached hydrogen (secondary N) is 1. The van der Waals surface area contributed by atoms with Crippen LogP contribution in [0.4, 0.5) is 4.79 Å². The molecule has 1 aliphatic rings. The molecule has 0 unspecified atom stereocenters. The van der Waals surface area contributed by atoms with Crippen LogP contribution in [0.2, 0.25) is 0 Å². The molecule has 1 saturated heterocycles. The maximum Gasteiger partial charge on any atom is 0.325 e. The summed E-state index contributed by atoms with van der Waals surface area (Å²) in [5.74, 6) is 0.984. The fraction of sp³-hybridized carbons (Fsp3) is 0.444. The van der Waals surface area contributed by atoms with Gasteiger partial charge in [0, 0.05) is 5.56 Å². The Bertz CT molecular complexity index is 819. The topological polar surface area (TPSA) is 97.6 Å². The van der Waals surface area contributed by atoms with Gasteiger partial charge in [-0.05, 0) is 25.5 Å². The molecule has 1 aromatic carbocycles. The highest BCUT2D eigenvalue weighted by atomic mass is 16.5. The summed E-state index contributed by atoms with van der Waals surface area (Å²) in [5, 5.41) is 6.70. The average molecular weight is 358 g/mol. The van der Waals surface area contributed by atoms with Crippen LogP contribution in [-0.4, -0.2) is 39.6 Å². The van der Waals surface area contributed by atoms with Gasteiger partial charge in [0.15, 0.2) is 0 Å². The Balaban J connectivity index is 1.74. The monoisotopic (exact) mass is 358 g/mol. The van der Waals surface area contributed by atoms with Gasteiger partial charge in [0.05, 0.1) is 7.11 Å².